The summed E-state index contributed by atoms with van der Waals surface area (Å²) < 4.78 is 0. The molecule has 0 aliphatic heterocycles. The highest BCUT2D eigenvalue weighted by Crippen LogP contribution is 2.60. The fourth-order valence-corrected chi connectivity index (χ4v) is 8.10. The molecule has 7 rings (SSSR count). The van der Waals surface area contributed by atoms with Crippen LogP contribution in [0.15, 0.2) is 109 Å². The van der Waals surface area contributed by atoms with E-state index in [1.54, 1.807) is 0 Å². The van der Waals surface area contributed by atoms with Crippen LogP contribution in [0.3, 0.4) is 0 Å². The van der Waals surface area contributed by atoms with E-state index in [2.05, 4.69) is 171 Å². The summed E-state index contributed by atoms with van der Waals surface area (Å²) in [6.07, 6.45) is 4.26. The molecule has 2 N–H and O–H groups in total. The van der Waals surface area contributed by atoms with Gasteiger partial charge in [-0.05, 0) is 102 Å². The molecule has 238 valence electrons. The van der Waals surface area contributed by atoms with Crippen molar-refractivity contribution in [3.05, 3.63) is 165 Å². The van der Waals surface area contributed by atoms with Gasteiger partial charge < -0.3 is 5.73 Å². The third kappa shape index (κ3) is 4.77. The Morgan fingerprint density at radius 1 is 0.511 bits per heavy atom. The third-order valence-corrected chi connectivity index (χ3v) is 11.2. The van der Waals surface area contributed by atoms with E-state index in [1.165, 1.54) is 72.3 Å². The molecule has 1 heteroatoms. The van der Waals surface area contributed by atoms with E-state index in [4.69, 9.17) is 5.73 Å². The summed E-state index contributed by atoms with van der Waals surface area (Å²) in [5.41, 5.74) is 23.2. The normalized spacial score (nSPS) is 15.0. The zero-order valence-corrected chi connectivity index (χ0v) is 29.5. The van der Waals surface area contributed by atoms with Crippen molar-refractivity contribution < 1.29 is 0 Å². The third-order valence-electron chi connectivity index (χ3n) is 11.2. The maximum absolute atomic E-state index is 6.85. The van der Waals surface area contributed by atoms with Gasteiger partial charge in [0, 0.05) is 5.54 Å². The molecule has 1 spiro atoms. The summed E-state index contributed by atoms with van der Waals surface area (Å²) in [6.45, 7) is 18.3. The van der Waals surface area contributed by atoms with Crippen molar-refractivity contribution in [2.45, 2.75) is 90.0 Å². The van der Waals surface area contributed by atoms with Crippen molar-refractivity contribution >= 4 is 11.6 Å². The second-order valence-electron chi connectivity index (χ2n) is 15.9. The van der Waals surface area contributed by atoms with Crippen LogP contribution in [0.2, 0.25) is 0 Å². The maximum Gasteiger partial charge on any atom is 0.0725 e. The minimum atomic E-state index is -0.477. The molecule has 0 saturated heterocycles. The van der Waals surface area contributed by atoms with Crippen molar-refractivity contribution in [3.8, 4) is 11.1 Å². The number of nitrogens with two attached hydrogens (primary N) is 1. The Kier molecular flexibility index (Phi) is 7.30. The van der Waals surface area contributed by atoms with Crippen LogP contribution in [-0.2, 0) is 21.8 Å². The molecule has 0 saturated carbocycles. The molecule has 2 aliphatic rings. The second-order valence-corrected chi connectivity index (χ2v) is 15.9. The minimum absolute atomic E-state index is 0.0195. The van der Waals surface area contributed by atoms with Gasteiger partial charge in [0.15, 0.2) is 0 Å². The highest BCUT2D eigenvalue weighted by atomic mass is 14.7. The highest BCUT2D eigenvalue weighted by molar-refractivity contribution is 5.99. The van der Waals surface area contributed by atoms with Gasteiger partial charge in [-0.1, -0.05) is 165 Å². The summed E-state index contributed by atoms with van der Waals surface area (Å²) in [5.74, 6) is 0. The van der Waals surface area contributed by atoms with Gasteiger partial charge in [-0.15, -0.1) is 0 Å². The van der Waals surface area contributed by atoms with Crippen molar-refractivity contribution in [2.24, 2.45) is 5.73 Å². The molecular formula is C46H49N. The first-order chi connectivity index (χ1) is 22.3. The predicted molar refractivity (Wildman–Crippen MR) is 201 cm³/mol. The molecule has 47 heavy (non-hydrogen) atoms. The highest BCUT2D eigenvalue weighted by Gasteiger charge is 2.50. The van der Waals surface area contributed by atoms with Gasteiger partial charge in [0.05, 0.1) is 5.41 Å². The molecule has 5 aromatic carbocycles. The molecule has 0 unspecified atom stereocenters. The lowest BCUT2D eigenvalue weighted by Gasteiger charge is -2.37. The topological polar surface area (TPSA) is 26.0 Å². The average molecular weight is 616 g/mol. The van der Waals surface area contributed by atoms with Crippen LogP contribution in [-0.4, -0.2) is 0 Å². The van der Waals surface area contributed by atoms with Crippen molar-refractivity contribution in [1.29, 1.82) is 0 Å². The van der Waals surface area contributed by atoms with Crippen LogP contribution in [0.1, 0.15) is 124 Å². The van der Waals surface area contributed by atoms with E-state index >= 15 is 0 Å². The standard InChI is InChI=1S/C46H49N/c1-9-45(47,10-2)32-21-19-30(20-22-32)38-27-31-15-11-13-17-39(31)46(40-18-14-12-16-35(38)40)41-28-33(43(3,4)5)23-25-36(41)37-26-24-34(29-42(37)46)44(6,7)8/h11-29H,9-10,47H2,1-8H3. The molecule has 0 bridgehead atoms. The quantitative estimate of drug-likeness (QED) is 0.209. The van der Waals surface area contributed by atoms with Gasteiger partial charge in [-0.3, -0.25) is 0 Å². The van der Waals surface area contributed by atoms with Gasteiger partial charge in [-0.25, -0.2) is 0 Å². The van der Waals surface area contributed by atoms with Crippen LogP contribution in [0.4, 0.5) is 0 Å². The Morgan fingerprint density at radius 3 is 1.53 bits per heavy atom. The van der Waals surface area contributed by atoms with Gasteiger partial charge in [0.2, 0.25) is 0 Å². The van der Waals surface area contributed by atoms with Crippen molar-refractivity contribution in [2.75, 3.05) is 0 Å². The van der Waals surface area contributed by atoms with Gasteiger partial charge in [0.1, 0.15) is 0 Å². The molecule has 0 aromatic heterocycles. The molecule has 0 atom stereocenters. The Bertz CT molecular complexity index is 1960. The summed E-state index contributed by atoms with van der Waals surface area (Å²) >= 11 is 0. The van der Waals surface area contributed by atoms with Crippen molar-refractivity contribution in [3.63, 3.8) is 0 Å². The number of hydrogen-bond donors (Lipinski definition) is 1. The SMILES string of the molecule is CCC(N)(CC)c1ccc(C2=Cc3ccccc3C3(c4ccccc42)c2cc(C(C)(C)C)ccc2-c2ccc(C(C)(C)C)cc23)cc1. The first-order valence-corrected chi connectivity index (χ1v) is 17.4. The fraction of sp³-hybridized carbons (Fsp3) is 0.304. The van der Waals surface area contributed by atoms with Gasteiger partial charge in [0.25, 0.3) is 0 Å². The number of rotatable bonds is 4. The first kappa shape index (κ1) is 31.4. The molecule has 5 aromatic rings. The summed E-state index contributed by atoms with van der Waals surface area (Å²) in [6, 6.07) is 41.9. The van der Waals surface area contributed by atoms with Crippen LogP contribution < -0.4 is 5.73 Å². The number of fused-ring (bicyclic) bond motifs is 9. The molecule has 0 fully saturated rings. The number of benzene rings is 5. The fourth-order valence-electron chi connectivity index (χ4n) is 8.10. The van der Waals surface area contributed by atoms with E-state index in [1.807, 2.05) is 0 Å². The predicted octanol–water partition coefficient (Wildman–Crippen LogP) is 11.5. The molecule has 0 radical (unpaired) electrons. The Labute approximate surface area is 282 Å². The Morgan fingerprint density at radius 2 is 1.00 bits per heavy atom. The zero-order chi connectivity index (χ0) is 33.4. The summed E-state index contributed by atoms with van der Waals surface area (Å²) in [7, 11) is 0. The minimum Gasteiger partial charge on any atom is -0.321 e. The molecule has 0 heterocycles. The van der Waals surface area contributed by atoms with Crippen LogP contribution >= 0.6 is 0 Å². The maximum atomic E-state index is 6.85. The lowest BCUT2D eigenvalue weighted by Crippen LogP contribution is -2.34. The smallest absolute Gasteiger partial charge is 0.0725 e. The van der Waals surface area contributed by atoms with Crippen LogP contribution in [0.5, 0.6) is 0 Å². The molecule has 0 amide bonds. The van der Waals surface area contributed by atoms with E-state index in [0.29, 0.717) is 0 Å². The molecule has 2 aliphatic carbocycles. The monoisotopic (exact) mass is 615 g/mol. The van der Waals surface area contributed by atoms with Gasteiger partial charge >= 0.3 is 0 Å². The first-order valence-electron chi connectivity index (χ1n) is 17.4. The largest absolute Gasteiger partial charge is 0.321 e. The average Bonchev–Trinajstić information content (AvgIpc) is 3.28. The van der Waals surface area contributed by atoms with E-state index < -0.39 is 5.41 Å². The second kappa shape index (κ2) is 10.9. The Hall–Kier alpha value is -4.20. The summed E-state index contributed by atoms with van der Waals surface area (Å²) in [4.78, 5) is 0. The number of hydrogen-bond acceptors (Lipinski definition) is 1. The summed E-state index contributed by atoms with van der Waals surface area (Å²) in [5, 5.41) is 0. The van der Waals surface area contributed by atoms with Crippen molar-refractivity contribution in [1.82, 2.24) is 0 Å². The van der Waals surface area contributed by atoms with Crippen LogP contribution in [0.25, 0.3) is 22.8 Å². The lowest BCUT2D eigenvalue weighted by atomic mass is 9.64. The van der Waals surface area contributed by atoms with E-state index in [-0.39, 0.29) is 16.4 Å². The Balaban J connectivity index is 1.59. The molecule has 1 nitrogen and oxygen atoms in total. The van der Waals surface area contributed by atoms with Gasteiger partial charge in [-0.2, -0.15) is 0 Å². The van der Waals surface area contributed by atoms with E-state index in [0.717, 1.165) is 12.8 Å². The zero-order valence-electron chi connectivity index (χ0n) is 29.5. The van der Waals surface area contributed by atoms with Crippen LogP contribution in [0, 0.1) is 0 Å². The van der Waals surface area contributed by atoms with E-state index in [9.17, 15) is 0 Å². The molecular weight excluding hydrogens is 567 g/mol. The lowest BCUT2D eigenvalue weighted by molar-refractivity contribution is 0.413.